The van der Waals surface area contributed by atoms with Crippen molar-refractivity contribution in [3.05, 3.63) is 41.5 Å². The van der Waals surface area contributed by atoms with Crippen molar-refractivity contribution in [2.24, 2.45) is 0 Å². The lowest BCUT2D eigenvalue weighted by molar-refractivity contribution is -0.115. The summed E-state index contributed by atoms with van der Waals surface area (Å²) in [6, 6.07) is 9.72. The van der Waals surface area contributed by atoms with E-state index in [-0.39, 0.29) is 5.91 Å². The monoisotopic (exact) mass is 386 g/mol. The van der Waals surface area contributed by atoms with Gasteiger partial charge in [0, 0.05) is 36.5 Å². The maximum Gasteiger partial charge on any atom is 0.226 e. The minimum atomic E-state index is -0.0314. The molecule has 0 heterocycles. The minimum Gasteiger partial charge on any atom is -0.493 e. The van der Waals surface area contributed by atoms with Crippen LogP contribution in [-0.4, -0.2) is 33.8 Å². The van der Waals surface area contributed by atoms with Crippen molar-refractivity contribution in [2.75, 3.05) is 38.5 Å². The van der Waals surface area contributed by atoms with Crippen LogP contribution in [0, 0.1) is 6.92 Å². The lowest BCUT2D eigenvalue weighted by Crippen LogP contribution is -2.18. The van der Waals surface area contributed by atoms with Crippen LogP contribution in [0.4, 0.5) is 11.4 Å². The average molecular weight is 386 g/mol. The van der Waals surface area contributed by atoms with E-state index >= 15 is 0 Å². The van der Waals surface area contributed by atoms with E-state index in [0.717, 1.165) is 22.5 Å². The maximum atomic E-state index is 12.5. The van der Waals surface area contributed by atoms with Crippen molar-refractivity contribution in [2.45, 2.75) is 33.1 Å². The topological polar surface area (TPSA) is 68.8 Å². The van der Waals surface area contributed by atoms with Crippen molar-refractivity contribution in [3.63, 3.8) is 0 Å². The van der Waals surface area contributed by atoms with Crippen molar-refractivity contribution in [1.29, 1.82) is 0 Å². The molecule has 0 aromatic heterocycles. The van der Waals surface area contributed by atoms with E-state index in [1.807, 2.05) is 31.2 Å². The van der Waals surface area contributed by atoms with Crippen molar-refractivity contribution >= 4 is 17.3 Å². The van der Waals surface area contributed by atoms with Gasteiger partial charge in [0.15, 0.2) is 11.5 Å². The Bertz CT molecular complexity index is 793. The molecule has 0 saturated carbocycles. The zero-order valence-corrected chi connectivity index (χ0v) is 17.5. The average Bonchev–Trinajstić information content (AvgIpc) is 2.68. The van der Waals surface area contributed by atoms with Gasteiger partial charge < -0.3 is 24.8 Å². The van der Waals surface area contributed by atoms with E-state index < -0.39 is 0 Å². The van der Waals surface area contributed by atoms with Gasteiger partial charge in [-0.1, -0.05) is 32.0 Å². The second-order valence-corrected chi connectivity index (χ2v) is 6.83. The fourth-order valence-corrected chi connectivity index (χ4v) is 3.05. The quantitative estimate of drug-likeness (QED) is 0.660. The third-order valence-electron chi connectivity index (χ3n) is 4.54. The second kappa shape index (κ2) is 9.88. The molecule has 28 heavy (non-hydrogen) atoms. The van der Waals surface area contributed by atoms with Gasteiger partial charge in [-0.15, -0.1) is 0 Å². The zero-order chi connectivity index (χ0) is 20.7. The molecular weight excluding hydrogens is 356 g/mol. The fourth-order valence-electron chi connectivity index (χ4n) is 3.05. The van der Waals surface area contributed by atoms with Crippen LogP contribution >= 0.6 is 0 Å². The summed E-state index contributed by atoms with van der Waals surface area (Å²) in [6.07, 6.45) is 0.336. The molecule has 0 fully saturated rings. The second-order valence-electron chi connectivity index (χ2n) is 6.83. The summed E-state index contributed by atoms with van der Waals surface area (Å²) in [7, 11) is 4.71. The van der Waals surface area contributed by atoms with Gasteiger partial charge in [-0.25, -0.2) is 0 Å². The van der Waals surface area contributed by atoms with E-state index in [9.17, 15) is 4.79 Å². The number of benzene rings is 2. The molecule has 0 radical (unpaired) electrons. The van der Waals surface area contributed by atoms with Crippen LogP contribution in [0.3, 0.4) is 0 Å². The number of rotatable bonds is 9. The molecule has 1 amide bonds. The van der Waals surface area contributed by atoms with Crippen molar-refractivity contribution in [3.8, 4) is 17.2 Å². The number of nitrogens with one attached hydrogen (secondary N) is 2. The standard InChI is InChI=1S/C22H30N2O4/c1-14(2)17-9-7-8-15(3)21(17)24-20(25)10-11-23-16-12-18(26-4)22(28-6)19(13-16)27-5/h7-9,12-14,23H,10-11H2,1-6H3,(H,24,25). The number of ether oxygens (including phenoxy) is 3. The number of carbonyl (C=O) groups is 1. The summed E-state index contributed by atoms with van der Waals surface area (Å²) >= 11 is 0. The van der Waals surface area contributed by atoms with E-state index in [0.29, 0.717) is 36.1 Å². The van der Waals surface area contributed by atoms with Gasteiger partial charge in [-0.2, -0.15) is 0 Å². The number of methoxy groups -OCH3 is 3. The highest BCUT2D eigenvalue weighted by Crippen LogP contribution is 2.39. The third kappa shape index (κ3) is 5.09. The molecule has 2 rings (SSSR count). The van der Waals surface area contributed by atoms with Crippen LogP contribution in [-0.2, 0) is 4.79 Å². The summed E-state index contributed by atoms with van der Waals surface area (Å²) in [6.45, 7) is 6.73. The lowest BCUT2D eigenvalue weighted by Gasteiger charge is -2.17. The van der Waals surface area contributed by atoms with Crippen LogP contribution in [0.15, 0.2) is 30.3 Å². The number of hydrogen-bond acceptors (Lipinski definition) is 5. The van der Waals surface area contributed by atoms with Gasteiger partial charge in [-0.05, 0) is 24.0 Å². The predicted octanol–water partition coefficient (Wildman–Crippen LogP) is 4.58. The highest BCUT2D eigenvalue weighted by Gasteiger charge is 2.14. The Hall–Kier alpha value is -2.89. The molecule has 0 aliphatic carbocycles. The first-order chi connectivity index (χ1) is 13.4. The molecule has 0 spiro atoms. The highest BCUT2D eigenvalue weighted by molar-refractivity contribution is 5.92. The van der Waals surface area contributed by atoms with Gasteiger partial charge in [0.2, 0.25) is 11.7 Å². The molecule has 0 saturated heterocycles. The van der Waals surface area contributed by atoms with Gasteiger partial charge in [-0.3, -0.25) is 4.79 Å². The molecule has 0 bridgehead atoms. The normalized spacial score (nSPS) is 10.5. The molecule has 6 heteroatoms. The van der Waals surface area contributed by atoms with Gasteiger partial charge >= 0.3 is 0 Å². The van der Waals surface area contributed by atoms with Crippen LogP contribution in [0.25, 0.3) is 0 Å². The molecule has 0 atom stereocenters. The number of carbonyl (C=O) groups excluding carboxylic acids is 1. The Kier molecular flexibility index (Phi) is 7.55. The summed E-state index contributed by atoms with van der Waals surface area (Å²) < 4.78 is 16.0. The Morgan fingerprint density at radius 2 is 1.68 bits per heavy atom. The lowest BCUT2D eigenvalue weighted by atomic mass is 9.98. The molecule has 0 aliphatic heterocycles. The molecular formula is C22H30N2O4. The molecule has 2 aromatic rings. The minimum absolute atomic E-state index is 0.0314. The summed E-state index contributed by atoms with van der Waals surface area (Å²) in [5, 5.41) is 6.30. The molecule has 2 aromatic carbocycles. The van der Waals surface area contributed by atoms with Crippen LogP contribution < -0.4 is 24.8 Å². The van der Waals surface area contributed by atoms with Gasteiger partial charge in [0.05, 0.1) is 21.3 Å². The first-order valence-electron chi connectivity index (χ1n) is 9.34. The Labute approximate surface area is 167 Å². The number of para-hydroxylation sites is 1. The fraction of sp³-hybridized carbons (Fsp3) is 0.409. The molecule has 0 aliphatic rings. The van der Waals surface area contributed by atoms with Crippen LogP contribution in [0.5, 0.6) is 17.2 Å². The molecule has 0 unspecified atom stereocenters. The van der Waals surface area contributed by atoms with E-state index in [2.05, 4.69) is 30.5 Å². The molecule has 152 valence electrons. The van der Waals surface area contributed by atoms with Crippen molar-refractivity contribution in [1.82, 2.24) is 0 Å². The Balaban J connectivity index is 2.02. The van der Waals surface area contributed by atoms with Gasteiger partial charge in [0.25, 0.3) is 0 Å². The SMILES string of the molecule is COc1cc(NCCC(=O)Nc2c(C)cccc2C(C)C)cc(OC)c1OC. The first-order valence-corrected chi connectivity index (χ1v) is 9.34. The van der Waals surface area contributed by atoms with Crippen LogP contribution in [0.2, 0.25) is 0 Å². The number of hydrogen-bond donors (Lipinski definition) is 2. The highest BCUT2D eigenvalue weighted by atomic mass is 16.5. The number of amides is 1. The predicted molar refractivity (Wildman–Crippen MR) is 113 cm³/mol. The molecule has 6 nitrogen and oxygen atoms in total. The number of anilines is 2. The van der Waals surface area contributed by atoms with Crippen molar-refractivity contribution < 1.29 is 19.0 Å². The van der Waals surface area contributed by atoms with Gasteiger partial charge in [0.1, 0.15) is 0 Å². The van der Waals surface area contributed by atoms with Crippen LogP contribution in [0.1, 0.15) is 37.3 Å². The Morgan fingerprint density at radius 1 is 1.04 bits per heavy atom. The third-order valence-corrected chi connectivity index (χ3v) is 4.54. The maximum absolute atomic E-state index is 12.5. The molecule has 2 N–H and O–H groups in total. The van der Waals surface area contributed by atoms with E-state index in [1.165, 1.54) is 0 Å². The summed E-state index contributed by atoms with van der Waals surface area (Å²) in [5.41, 5.74) is 3.92. The largest absolute Gasteiger partial charge is 0.493 e. The zero-order valence-electron chi connectivity index (χ0n) is 17.5. The smallest absolute Gasteiger partial charge is 0.226 e. The van der Waals surface area contributed by atoms with E-state index in [4.69, 9.17) is 14.2 Å². The summed E-state index contributed by atoms with van der Waals surface area (Å²) in [5.74, 6) is 1.98. The number of aryl methyl sites for hydroxylation is 1. The Morgan fingerprint density at radius 3 is 2.21 bits per heavy atom. The van der Waals surface area contributed by atoms with E-state index in [1.54, 1.807) is 21.3 Å². The first kappa shape index (κ1) is 21.4. The summed E-state index contributed by atoms with van der Waals surface area (Å²) in [4.78, 5) is 12.5.